The van der Waals surface area contributed by atoms with E-state index in [1.54, 1.807) is 0 Å². The highest BCUT2D eigenvalue weighted by Crippen LogP contribution is 2.32. The number of carbonyl (C=O) groups excluding carboxylic acids is 1. The zero-order valence-corrected chi connectivity index (χ0v) is 19.4. The van der Waals surface area contributed by atoms with Crippen molar-refractivity contribution in [2.45, 2.75) is 25.6 Å². The first-order valence-electron chi connectivity index (χ1n) is 10.4. The molecule has 31 heavy (non-hydrogen) atoms. The fourth-order valence-electron chi connectivity index (χ4n) is 3.82. The molecule has 6 nitrogen and oxygen atoms in total. The lowest BCUT2D eigenvalue weighted by atomic mass is 10.1. The summed E-state index contributed by atoms with van der Waals surface area (Å²) < 4.78 is 6.74. The first-order valence-corrected chi connectivity index (χ1v) is 11.2. The van der Waals surface area contributed by atoms with Crippen LogP contribution in [0.2, 0.25) is 0 Å². The maximum Gasteiger partial charge on any atom is 0.255 e. The Kier molecular flexibility index (Phi) is 6.75. The smallest absolute Gasteiger partial charge is 0.255 e. The molecule has 2 aliphatic rings. The maximum atomic E-state index is 12.7. The Bertz CT molecular complexity index is 1020. The Balaban J connectivity index is 1.38. The van der Waals surface area contributed by atoms with Crippen LogP contribution in [0.3, 0.4) is 0 Å². The van der Waals surface area contributed by atoms with Gasteiger partial charge in [0.15, 0.2) is 0 Å². The van der Waals surface area contributed by atoms with Gasteiger partial charge in [0, 0.05) is 37.0 Å². The van der Waals surface area contributed by atoms with Gasteiger partial charge in [-0.1, -0.05) is 24.3 Å². The molecule has 0 aliphatic carbocycles. The summed E-state index contributed by atoms with van der Waals surface area (Å²) in [5.41, 5.74) is 7.10. The second-order valence-electron chi connectivity index (χ2n) is 8.02. The van der Waals surface area contributed by atoms with Gasteiger partial charge in [-0.05, 0) is 71.5 Å². The minimum absolute atomic E-state index is 0.104. The number of amides is 1. The number of carbonyl (C=O) groups is 1. The van der Waals surface area contributed by atoms with E-state index in [2.05, 4.69) is 36.6 Å². The van der Waals surface area contributed by atoms with Gasteiger partial charge in [-0.2, -0.15) is 0 Å². The molecule has 0 aromatic heterocycles. The quantitative estimate of drug-likeness (QED) is 0.618. The molecule has 0 saturated carbocycles. The summed E-state index contributed by atoms with van der Waals surface area (Å²) in [7, 11) is 4.03. The van der Waals surface area contributed by atoms with Crippen LogP contribution in [0.15, 0.2) is 71.0 Å². The number of hydrogen-bond acceptors (Lipinski definition) is 5. The van der Waals surface area contributed by atoms with Crippen molar-refractivity contribution in [3.8, 4) is 0 Å². The van der Waals surface area contributed by atoms with Crippen LogP contribution in [0.25, 0.3) is 0 Å². The van der Waals surface area contributed by atoms with Gasteiger partial charge in [0.2, 0.25) is 0 Å². The summed E-state index contributed by atoms with van der Waals surface area (Å²) >= 11 is 3.56. The van der Waals surface area contributed by atoms with Crippen LogP contribution in [0, 0.1) is 0 Å². The van der Waals surface area contributed by atoms with Gasteiger partial charge in [-0.25, -0.2) is 5.43 Å². The average Bonchev–Trinajstić information content (AvgIpc) is 3.24. The third-order valence-electron chi connectivity index (χ3n) is 5.24. The summed E-state index contributed by atoms with van der Waals surface area (Å²) in [5, 5.41) is 5.11. The molecule has 1 fully saturated rings. The number of hydrazine groups is 1. The summed E-state index contributed by atoms with van der Waals surface area (Å²) in [6.45, 7) is 2.17. The highest BCUT2D eigenvalue weighted by atomic mass is 79.9. The lowest BCUT2D eigenvalue weighted by Crippen LogP contribution is -2.42. The molecule has 1 saturated heterocycles. The van der Waals surface area contributed by atoms with Crippen molar-refractivity contribution < 1.29 is 9.53 Å². The largest absolute Gasteiger partial charge is 0.494 e. The van der Waals surface area contributed by atoms with Crippen molar-refractivity contribution >= 4 is 27.5 Å². The number of nitrogens with zero attached hydrogens (tertiary/aromatic N) is 2. The van der Waals surface area contributed by atoms with Crippen LogP contribution >= 0.6 is 15.9 Å². The molecule has 4 rings (SSSR count). The topological polar surface area (TPSA) is 56.8 Å². The van der Waals surface area contributed by atoms with E-state index in [-0.39, 0.29) is 11.9 Å². The van der Waals surface area contributed by atoms with Crippen molar-refractivity contribution in [3.63, 3.8) is 0 Å². The molecule has 0 bridgehead atoms. The molecule has 0 spiro atoms. The number of benzene rings is 2. The molecular weight excluding hydrogens is 456 g/mol. The van der Waals surface area contributed by atoms with E-state index in [1.807, 2.05) is 74.9 Å². The predicted octanol–water partition coefficient (Wildman–Crippen LogP) is 4.23. The first kappa shape index (κ1) is 21.6. The fourth-order valence-corrected chi connectivity index (χ4v) is 4.31. The maximum absolute atomic E-state index is 12.7. The van der Waals surface area contributed by atoms with E-state index in [0.717, 1.165) is 46.6 Å². The van der Waals surface area contributed by atoms with Gasteiger partial charge in [0.25, 0.3) is 5.91 Å². The molecule has 2 aromatic carbocycles. The zero-order valence-electron chi connectivity index (χ0n) is 17.8. The van der Waals surface area contributed by atoms with Crippen LogP contribution in [-0.2, 0) is 17.8 Å². The van der Waals surface area contributed by atoms with Crippen molar-refractivity contribution in [2.24, 2.45) is 0 Å². The van der Waals surface area contributed by atoms with Gasteiger partial charge in [0.05, 0.1) is 11.1 Å². The normalized spacial score (nSPS) is 17.7. The molecule has 1 atom stereocenters. The van der Waals surface area contributed by atoms with Crippen LogP contribution in [0.4, 0.5) is 5.69 Å². The summed E-state index contributed by atoms with van der Waals surface area (Å²) in [6, 6.07) is 15.9. The second kappa shape index (κ2) is 9.68. The number of fused-ring (bicyclic) bond motifs is 1. The number of nitrogens with one attached hydrogen (secondary N) is 2. The Morgan fingerprint density at radius 3 is 2.84 bits per heavy atom. The van der Waals surface area contributed by atoms with Crippen LogP contribution in [0.1, 0.15) is 27.9 Å². The van der Waals surface area contributed by atoms with Crippen LogP contribution < -0.4 is 10.7 Å². The van der Waals surface area contributed by atoms with E-state index >= 15 is 0 Å². The highest BCUT2D eigenvalue weighted by molar-refractivity contribution is 9.11. The molecule has 1 unspecified atom stereocenters. The third-order valence-corrected chi connectivity index (χ3v) is 5.90. The summed E-state index contributed by atoms with van der Waals surface area (Å²) in [4.78, 5) is 14.8. The van der Waals surface area contributed by atoms with Crippen molar-refractivity contribution in [3.05, 3.63) is 87.7 Å². The number of allylic oxidation sites excluding steroid dienone is 2. The molecule has 7 heteroatoms. The SMILES string of the molecule is CN(C)Cc1cccc(C(=O)Nc2cccc(CNN3C=CC(Br)=C4OCCC43)c2)c1. The Hall–Kier alpha value is -2.61. The standard InChI is InChI=1S/C24H27BrN4O2/c1-28(2)16-18-6-3-7-19(13-18)24(30)27-20-8-4-5-17(14-20)15-26-29-11-9-21(25)23-22(29)10-12-31-23/h3-9,11,13-14,22,26H,10,12,15-16H2,1-2H3,(H,27,30). The van der Waals surface area contributed by atoms with Crippen molar-refractivity contribution in [2.75, 3.05) is 26.0 Å². The molecule has 162 valence electrons. The van der Waals surface area contributed by atoms with E-state index in [1.165, 1.54) is 0 Å². The number of hydrogen-bond donors (Lipinski definition) is 2. The Morgan fingerprint density at radius 1 is 1.19 bits per heavy atom. The lowest BCUT2D eigenvalue weighted by molar-refractivity contribution is 0.102. The van der Waals surface area contributed by atoms with E-state index < -0.39 is 0 Å². The average molecular weight is 483 g/mol. The molecule has 2 heterocycles. The van der Waals surface area contributed by atoms with Crippen molar-refractivity contribution in [1.82, 2.24) is 15.3 Å². The van der Waals surface area contributed by atoms with Crippen LogP contribution in [-0.4, -0.2) is 42.6 Å². The molecule has 2 aliphatic heterocycles. The number of ether oxygens (including phenoxy) is 1. The van der Waals surface area contributed by atoms with Gasteiger partial charge < -0.3 is 20.0 Å². The fraction of sp³-hybridized carbons (Fsp3) is 0.292. The minimum Gasteiger partial charge on any atom is -0.494 e. The molecule has 0 radical (unpaired) electrons. The molecule has 2 aromatic rings. The zero-order chi connectivity index (χ0) is 21.8. The number of halogens is 1. The van der Waals surface area contributed by atoms with E-state index in [9.17, 15) is 4.79 Å². The monoisotopic (exact) mass is 482 g/mol. The van der Waals surface area contributed by atoms with Gasteiger partial charge in [0.1, 0.15) is 11.8 Å². The van der Waals surface area contributed by atoms with Gasteiger partial charge in [-0.3, -0.25) is 4.79 Å². The molecular formula is C24H27BrN4O2. The highest BCUT2D eigenvalue weighted by Gasteiger charge is 2.31. The second-order valence-corrected chi connectivity index (χ2v) is 8.87. The Labute approximate surface area is 191 Å². The first-order chi connectivity index (χ1) is 15.0. The van der Waals surface area contributed by atoms with E-state index in [4.69, 9.17) is 4.74 Å². The van der Waals surface area contributed by atoms with E-state index in [0.29, 0.717) is 12.1 Å². The van der Waals surface area contributed by atoms with Crippen LogP contribution in [0.5, 0.6) is 0 Å². The van der Waals surface area contributed by atoms with Gasteiger partial charge >= 0.3 is 0 Å². The molecule has 2 N–H and O–H groups in total. The summed E-state index contributed by atoms with van der Waals surface area (Å²) in [6.07, 6.45) is 4.97. The molecule has 1 amide bonds. The lowest BCUT2D eigenvalue weighted by Gasteiger charge is -2.30. The third kappa shape index (κ3) is 5.36. The van der Waals surface area contributed by atoms with Gasteiger partial charge in [-0.15, -0.1) is 0 Å². The summed E-state index contributed by atoms with van der Waals surface area (Å²) in [5.74, 6) is 0.875. The minimum atomic E-state index is -0.104. The number of rotatable bonds is 7. The number of anilines is 1. The predicted molar refractivity (Wildman–Crippen MR) is 126 cm³/mol. The van der Waals surface area contributed by atoms with Crippen molar-refractivity contribution in [1.29, 1.82) is 0 Å². The Morgan fingerprint density at radius 2 is 2.00 bits per heavy atom.